The number of halogens is 2. The van der Waals surface area contributed by atoms with E-state index in [4.69, 9.17) is 23.2 Å². The van der Waals surface area contributed by atoms with Crippen LogP contribution >= 0.6 is 23.2 Å². The third kappa shape index (κ3) is 6.26. The van der Waals surface area contributed by atoms with Gasteiger partial charge < -0.3 is 0 Å². The predicted octanol–water partition coefficient (Wildman–Crippen LogP) is 8.71. The van der Waals surface area contributed by atoms with E-state index in [0.717, 1.165) is 25.1 Å². The van der Waals surface area contributed by atoms with E-state index in [1.165, 1.54) is 74.1 Å². The first-order valence-electron chi connectivity index (χ1n) is 12.1. The van der Waals surface area contributed by atoms with Crippen LogP contribution in [0.25, 0.3) is 16.5 Å². The lowest BCUT2D eigenvalue weighted by atomic mass is 10.0. The van der Waals surface area contributed by atoms with Crippen molar-refractivity contribution in [2.45, 2.75) is 91.0 Å². The highest BCUT2D eigenvalue weighted by Crippen LogP contribution is 2.31. The van der Waals surface area contributed by atoms with Gasteiger partial charge in [0.25, 0.3) is 16.6 Å². The molecule has 0 spiro atoms. The van der Waals surface area contributed by atoms with Gasteiger partial charge in [-0.1, -0.05) is 102 Å². The fraction of sp³-hybridized carbons (Fsp3) is 0.519. The number of rotatable bonds is 13. The van der Waals surface area contributed by atoms with E-state index in [0.29, 0.717) is 10.3 Å². The van der Waals surface area contributed by atoms with Crippen molar-refractivity contribution in [3.05, 3.63) is 58.6 Å². The lowest BCUT2D eigenvalue weighted by Gasteiger charge is -2.09. The van der Waals surface area contributed by atoms with Crippen LogP contribution in [0.2, 0.25) is 10.3 Å². The molecular formula is C27H37Cl2N2+. The van der Waals surface area contributed by atoms with Gasteiger partial charge in [-0.2, -0.15) is 4.57 Å². The van der Waals surface area contributed by atoms with Crippen molar-refractivity contribution in [2.24, 2.45) is 0 Å². The second-order valence-corrected chi connectivity index (χ2v) is 9.31. The second kappa shape index (κ2) is 12.5. The molecule has 0 aliphatic carbocycles. The van der Waals surface area contributed by atoms with E-state index in [2.05, 4.69) is 65.7 Å². The Morgan fingerprint density at radius 3 is 2.10 bits per heavy atom. The van der Waals surface area contributed by atoms with Crippen molar-refractivity contribution in [1.29, 1.82) is 0 Å². The topological polar surface area (TPSA) is 8.81 Å². The van der Waals surface area contributed by atoms with E-state index < -0.39 is 0 Å². The zero-order chi connectivity index (χ0) is 22.1. The van der Waals surface area contributed by atoms with E-state index in [-0.39, 0.29) is 0 Å². The van der Waals surface area contributed by atoms with Gasteiger partial charge >= 0.3 is 0 Å². The van der Waals surface area contributed by atoms with Gasteiger partial charge in [-0.3, -0.25) is 0 Å². The normalized spacial score (nSPS) is 11.5. The minimum atomic E-state index is 0.597. The highest BCUT2D eigenvalue weighted by atomic mass is 35.5. The SMILES string of the molecule is CCCCCCCCCCCC[n+]1cn(-c2c(CC)ccc3ccccc23)c(Cl)c1Cl. The molecule has 31 heavy (non-hydrogen) atoms. The molecule has 168 valence electrons. The average Bonchev–Trinajstić information content (AvgIpc) is 3.07. The molecule has 0 unspecified atom stereocenters. The monoisotopic (exact) mass is 459 g/mol. The number of aryl methyl sites for hydroxylation is 2. The molecule has 0 aliphatic rings. The fourth-order valence-electron chi connectivity index (χ4n) is 4.41. The number of benzene rings is 2. The predicted molar refractivity (Wildman–Crippen MR) is 135 cm³/mol. The molecule has 0 fully saturated rings. The summed E-state index contributed by atoms with van der Waals surface area (Å²) in [4.78, 5) is 0. The van der Waals surface area contributed by atoms with Crippen LogP contribution in [0.15, 0.2) is 42.7 Å². The molecule has 0 atom stereocenters. The lowest BCUT2D eigenvalue weighted by Crippen LogP contribution is -2.32. The van der Waals surface area contributed by atoms with Crippen LogP contribution < -0.4 is 4.57 Å². The van der Waals surface area contributed by atoms with Crippen LogP contribution in [0, 0.1) is 0 Å². The molecule has 0 aliphatic heterocycles. The molecule has 1 aromatic heterocycles. The molecule has 2 aromatic carbocycles. The summed E-state index contributed by atoms with van der Waals surface area (Å²) in [6.07, 6.45) is 16.4. The Kier molecular flexibility index (Phi) is 9.74. The summed E-state index contributed by atoms with van der Waals surface area (Å²) in [5.74, 6) is 0. The van der Waals surface area contributed by atoms with E-state index in [9.17, 15) is 0 Å². The minimum Gasteiger partial charge on any atom is -0.219 e. The van der Waals surface area contributed by atoms with Crippen molar-refractivity contribution < 1.29 is 4.57 Å². The molecule has 0 radical (unpaired) electrons. The molecule has 0 saturated heterocycles. The van der Waals surface area contributed by atoms with Crippen LogP contribution in [-0.2, 0) is 13.0 Å². The van der Waals surface area contributed by atoms with Crippen LogP contribution in [0.1, 0.15) is 83.6 Å². The Morgan fingerprint density at radius 2 is 1.42 bits per heavy atom. The molecule has 0 N–H and O–H groups in total. The first-order valence-corrected chi connectivity index (χ1v) is 12.9. The molecule has 4 heteroatoms. The maximum absolute atomic E-state index is 6.72. The summed E-state index contributed by atoms with van der Waals surface area (Å²) < 4.78 is 4.18. The van der Waals surface area contributed by atoms with Crippen molar-refractivity contribution in [3.8, 4) is 5.69 Å². The average molecular weight is 461 g/mol. The Labute approximate surface area is 198 Å². The largest absolute Gasteiger partial charge is 0.260 e. The number of nitrogens with zero attached hydrogens (tertiary/aromatic N) is 2. The maximum Gasteiger partial charge on any atom is 0.260 e. The van der Waals surface area contributed by atoms with Crippen LogP contribution in [0.4, 0.5) is 0 Å². The van der Waals surface area contributed by atoms with E-state index in [1.54, 1.807) is 0 Å². The zero-order valence-corrected chi connectivity index (χ0v) is 20.7. The molecule has 3 rings (SSSR count). The van der Waals surface area contributed by atoms with Gasteiger partial charge in [-0.25, -0.2) is 4.57 Å². The third-order valence-corrected chi connectivity index (χ3v) is 7.10. The van der Waals surface area contributed by atoms with Gasteiger partial charge in [0.05, 0.1) is 6.54 Å². The Bertz CT molecular complexity index is 961. The van der Waals surface area contributed by atoms with Crippen molar-refractivity contribution in [3.63, 3.8) is 0 Å². The third-order valence-electron chi connectivity index (χ3n) is 6.25. The van der Waals surface area contributed by atoms with Gasteiger partial charge in [0.2, 0.25) is 0 Å². The molecule has 0 saturated carbocycles. The highest BCUT2D eigenvalue weighted by molar-refractivity contribution is 6.40. The smallest absolute Gasteiger partial charge is 0.219 e. The quantitative estimate of drug-likeness (QED) is 0.178. The number of imidazole rings is 1. The molecule has 0 amide bonds. The van der Waals surface area contributed by atoms with Gasteiger partial charge in [0.15, 0.2) is 0 Å². The van der Waals surface area contributed by atoms with E-state index in [1.807, 2.05) is 0 Å². The summed E-state index contributed by atoms with van der Waals surface area (Å²) in [6.45, 7) is 5.37. The van der Waals surface area contributed by atoms with Crippen LogP contribution in [-0.4, -0.2) is 4.57 Å². The summed E-state index contributed by atoms with van der Waals surface area (Å²) in [6, 6.07) is 12.9. The fourth-order valence-corrected chi connectivity index (χ4v) is 4.87. The first kappa shape index (κ1) is 24.1. The van der Waals surface area contributed by atoms with Gasteiger partial charge in [0, 0.05) is 5.39 Å². The Balaban J connectivity index is 1.61. The molecular weight excluding hydrogens is 423 g/mol. The number of aromatic nitrogens is 2. The Morgan fingerprint density at radius 1 is 0.774 bits per heavy atom. The van der Waals surface area contributed by atoms with Crippen molar-refractivity contribution in [2.75, 3.05) is 0 Å². The highest BCUT2D eigenvalue weighted by Gasteiger charge is 2.24. The summed E-state index contributed by atoms with van der Waals surface area (Å²) >= 11 is 13.4. The second-order valence-electron chi connectivity index (χ2n) is 8.59. The summed E-state index contributed by atoms with van der Waals surface area (Å²) in [5.41, 5.74) is 2.42. The van der Waals surface area contributed by atoms with Gasteiger partial charge in [-0.15, -0.1) is 0 Å². The number of fused-ring (bicyclic) bond motifs is 1. The summed E-state index contributed by atoms with van der Waals surface area (Å²) in [7, 11) is 0. The molecule has 0 bridgehead atoms. The lowest BCUT2D eigenvalue weighted by molar-refractivity contribution is -0.694. The standard InChI is InChI=1S/C27H37Cl2N2/c1-3-5-6-7-8-9-10-11-12-15-20-30-21-31(27(29)26(30)28)25-22(4-2)18-19-23-16-13-14-17-24(23)25/h13-14,16-19,21H,3-12,15,20H2,1-2H3/q+1. The van der Waals surface area contributed by atoms with E-state index >= 15 is 0 Å². The number of unbranched alkanes of at least 4 members (excludes halogenated alkanes) is 9. The molecule has 3 aromatic rings. The maximum atomic E-state index is 6.72. The first-order chi connectivity index (χ1) is 15.2. The van der Waals surface area contributed by atoms with Crippen molar-refractivity contribution >= 4 is 34.0 Å². The molecule has 2 nitrogen and oxygen atoms in total. The van der Waals surface area contributed by atoms with Crippen LogP contribution in [0.5, 0.6) is 0 Å². The van der Waals surface area contributed by atoms with Gasteiger partial charge in [0.1, 0.15) is 5.69 Å². The van der Waals surface area contributed by atoms with Crippen molar-refractivity contribution in [1.82, 2.24) is 4.57 Å². The number of hydrogen-bond acceptors (Lipinski definition) is 0. The number of hydrogen-bond donors (Lipinski definition) is 0. The minimum absolute atomic E-state index is 0.597. The Hall–Kier alpha value is -1.51. The molecule has 1 heterocycles. The van der Waals surface area contributed by atoms with Gasteiger partial charge in [-0.05, 0) is 53.4 Å². The van der Waals surface area contributed by atoms with Crippen LogP contribution in [0.3, 0.4) is 0 Å². The summed E-state index contributed by atoms with van der Waals surface area (Å²) in [5, 5.41) is 3.66. The zero-order valence-electron chi connectivity index (χ0n) is 19.2.